The standard InChI is InChI=1S/C23H30N8O/c1-13-9-30(10-14(2)26-13)19-6-5-18(21(25)17(19)7-8-24)23(32)29-20-12-31-11-15(3)27-22(31)16(4)28-20/h5-8,11-14,26H,9-10,24-25H2,1-4H3,(H,29,32)/b8-7-. The molecule has 1 aromatic carbocycles. The van der Waals surface area contributed by atoms with Gasteiger partial charge in [0.05, 0.1) is 28.8 Å². The van der Waals surface area contributed by atoms with Crippen LogP contribution in [0, 0.1) is 13.8 Å². The number of carbonyl (C=O) groups is 1. The fourth-order valence-electron chi connectivity index (χ4n) is 4.41. The summed E-state index contributed by atoms with van der Waals surface area (Å²) < 4.78 is 1.86. The van der Waals surface area contributed by atoms with Crippen LogP contribution < -0.4 is 27.0 Å². The maximum Gasteiger partial charge on any atom is 0.258 e. The molecule has 2 aromatic heterocycles. The SMILES string of the molecule is Cc1cn2cc(NC(=O)c3ccc(N4CC(C)NC(C)C4)c(/C=C\N)c3N)nc(C)c2n1. The van der Waals surface area contributed by atoms with Crippen molar-refractivity contribution in [1.82, 2.24) is 19.7 Å². The summed E-state index contributed by atoms with van der Waals surface area (Å²) in [6, 6.07) is 4.38. The van der Waals surface area contributed by atoms with E-state index in [4.69, 9.17) is 11.5 Å². The Morgan fingerprint density at radius 2 is 1.91 bits per heavy atom. The van der Waals surface area contributed by atoms with Crippen LogP contribution in [0.1, 0.15) is 41.2 Å². The van der Waals surface area contributed by atoms with E-state index in [1.807, 2.05) is 30.5 Å². The summed E-state index contributed by atoms with van der Waals surface area (Å²) in [6.45, 7) is 9.77. The minimum Gasteiger partial charge on any atom is -0.405 e. The first-order valence-corrected chi connectivity index (χ1v) is 10.7. The molecule has 3 aromatic rings. The Hall–Kier alpha value is -3.59. The Labute approximate surface area is 187 Å². The lowest BCUT2D eigenvalue weighted by atomic mass is 10.0. The van der Waals surface area contributed by atoms with Crippen molar-refractivity contribution < 1.29 is 4.79 Å². The number of benzene rings is 1. The summed E-state index contributed by atoms with van der Waals surface area (Å²) in [4.78, 5) is 24.3. The number of piperazine rings is 1. The van der Waals surface area contributed by atoms with Crippen LogP contribution >= 0.6 is 0 Å². The fourth-order valence-corrected chi connectivity index (χ4v) is 4.41. The minimum absolute atomic E-state index is 0.328. The molecule has 1 saturated heterocycles. The predicted molar refractivity (Wildman–Crippen MR) is 129 cm³/mol. The average Bonchev–Trinajstić information content (AvgIpc) is 3.09. The number of nitrogen functional groups attached to an aromatic ring is 1. The molecule has 168 valence electrons. The Balaban J connectivity index is 1.66. The maximum absolute atomic E-state index is 13.1. The molecule has 0 spiro atoms. The number of rotatable bonds is 4. The summed E-state index contributed by atoms with van der Waals surface area (Å²) in [6.07, 6.45) is 6.84. The number of hydrogen-bond acceptors (Lipinski definition) is 7. The maximum atomic E-state index is 13.1. The lowest BCUT2D eigenvalue weighted by Crippen LogP contribution is -2.54. The molecule has 1 aliphatic rings. The van der Waals surface area contributed by atoms with E-state index >= 15 is 0 Å². The number of nitrogens with two attached hydrogens (primary N) is 2. The van der Waals surface area contributed by atoms with E-state index in [0.717, 1.165) is 41.4 Å². The first-order valence-electron chi connectivity index (χ1n) is 10.7. The summed E-state index contributed by atoms with van der Waals surface area (Å²) in [5.74, 6) is 0.104. The van der Waals surface area contributed by atoms with E-state index in [0.29, 0.717) is 29.2 Å². The largest absolute Gasteiger partial charge is 0.405 e. The highest BCUT2D eigenvalue weighted by atomic mass is 16.1. The van der Waals surface area contributed by atoms with E-state index in [9.17, 15) is 4.79 Å². The molecule has 0 radical (unpaired) electrons. The summed E-state index contributed by atoms with van der Waals surface area (Å²) in [5, 5.41) is 6.39. The molecular formula is C23H30N8O. The van der Waals surface area contributed by atoms with Gasteiger partial charge in [-0.2, -0.15) is 0 Å². The average molecular weight is 435 g/mol. The normalized spacial score (nSPS) is 19.1. The molecule has 0 aliphatic carbocycles. The van der Waals surface area contributed by atoms with Crippen molar-refractivity contribution in [1.29, 1.82) is 0 Å². The van der Waals surface area contributed by atoms with Crippen molar-refractivity contribution in [3.63, 3.8) is 0 Å². The van der Waals surface area contributed by atoms with E-state index in [1.54, 1.807) is 18.3 Å². The number of anilines is 3. The highest BCUT2D eigenvalue weighted by Gasteiger charge is 2.25. The van der Waals surface area contributed by atoms with Crippen LogP contribution in [-0.2, 0) is 0 Å². The highest BCUT2D eigenvalue weighted by Crippen LogP contribution is 2.32. The van der Waals surface area contributed by atoms with Crippen LogP contribution in [0.15, 0.2) is 30.7 Å². The second-order valence-electron chi connectivity index (χ2n) is 8.47. The molecular weight excluding hydrogens is 404 g/mol. The number of nitrogens with zero attached hydrogens (tertiary/aromatic N) is 4. The number of carbonyl (C=O) groups excluding carboxylic acids is 1. The predicted octanol–water partition coefficient (Wildman–Crippen LogP) is 2.30. The molecule has 9 nitrogen and oxygen atoms in total. The quantitative estimate of drug-likeness (QED) is 0.464. The molecule has 1 fully saturated rings. The van der Waals surface area contributed by atoms with Gasteiger partial charge in [-0.25, -0.2) is 9.97 Å². The Kier molecular flexibility index (Phi) is 5.75. The van der Waals surface area contributed by atoms with Gasteiger partial charge in [0.1, 0.15) is 5.82 Å². The van der Waals surface area contributed by atoms with Gasteiger partial charge in [0.15, 0.2) is 5.65 Å². The molecule has 9 heteroatoms. The monoisotopic (exact) mass is 434 g/mol. The number of aryl methyl sites for hydroxylation is 2. The molecule has 32 heavy (non-hydrogen) atoms. The molecule has 1 amide bonds. The third kappa shape index (κ3) is 4.11. The van der Waals surface area contributed by atoms with E-state index in [1.165, 1.54) is 6.20 Å². The molecule has 4 rings (SSSR count). The van der Waals surface area contributed by atoms with Crippen LogP contribution in [0.2, 0.25) is 0 Å². The van der Waals surface area contributed by atoms with Gasteiger partial charge in [0, 0.05) is 42.6 Å². The molecule has 6 N–H and O–H groups in total. The molecule has 0 saturated carbocycles. The Morgan fingerprint density at radius 3 is 2.59 bits per heavy atom. The zero-order valence-corrected chi connectivity index (χ0v) is 18.9. The van der Waals surface area contributed by atoms with Crippen LogP contribution in [0.3, 0.4) is 0 Å². The second kappa shape index (κ2) is 8.51. The van der Waals surface area contributed by atoms with Crippen LogP contribution in [0.4, 0.5) is 17.2 Å². The molecule has 3 heterocycles. The third-order valence-corrected chi connectivity index (χ3v) is 5.64. The molecule has 1 aliphatic heterocycles. The Morgan fingerprint density at radius 1 is 1.19 bits per heavy atom. The topological polar surface area (TPSA) is 127 Å². The van der Waals surface area contributed by atoms with Crippen molar-refractivity contribution in [3.8, 4) is 0 Å². The minimum atomic E-state index is -0.328. The first kappa shape index (κ1) is 21.6. The zero-order chi connectivity index (χ0) is 23.0. The van der Waals surface area contributed by atoms with E-state index in [-0.39, 0.29) is 5.91 Å². The number of imidazole rings is 1. The molecule has 2 atom stereocenters. The van der Waals surface area contributed by atoms with Crippen molar-refractivity contribution in [3.05, 3.63) is 53.2 Å². The lowest BCUT2D eigenvalue weighted by Gasteiger charge is -2.38. The Bertz CT molecular complexity index is 1190. The van der Waals surface area contributed by atoms with E-state index < -0.39 is 0 Å². The second-order valence-corrected chi connectivity index (χ2v) is 8.47. The number of nitrogens with one attached hydrogen (secondary N) is 2. The van der Waals surface area contributed by atoms with Crippen molar-refractivity contribution in [2.75, 3.05) is 29.0 Å². The van der Waals surface area contributed by atoms with Gasteiger partial charge >= 0.3 is 0 Å². The van der Waals surface area contributed by atoms with Gasteiger partial charge in [0.2, 0.25) is 0 Å². The summed E-state index contributed by atoms with van der Waals surface area (Å²) in [5.41, 5.74) is 17.0. The summed E-state index contributed by atoms with van der Waals surface area (Å²) in [7, 11) is 0. The zero-order valence-electron chi connectivity index (χ0n) is 18.9. The number of aromatic nitrogens is 3. The number of hydrogen-bond donors (Lipinski definition) is 4. The fraction of sp³-hybridized carbons (Fsp3) is 0.348. The van der Waals surface area contributed by atoms with Gasteiger partial charge in [-0.1, -0.05) is 0 Å². The first-order chi connectivity index (χ1) is 15.3. The van der Waals surface area contributed by atoms with Gasteiger partial charge in [-0.15, -0.1) is 0 Å². The van der Waals surface area contributed by atoms with E-state index in [2.05, 4.69) is 39.3 Å². The third-order valence-electron chi connectivity index (χ3n) is 5.64. The van der Waals surface area contributed by atoms with Gasteiger partial charge in [-0.3, -0.25) is 4.79 Å². The summed E-state index contributed by atoms with van der Waals surface area (Å²) >= 11 is 0. The molecule has 0 bridgehead atoms. The smallest absolute Gasteiger partial charge is 0.258 e. The molecule has 2 unspecified atom stereocenters. The number of fused-ring (bicyclic) bond motifs is 1. The lowest BCUT2D eigenvalue weighted by molar-refractivity contribution is 0.102. The van der Waals surface area contributed by atoms with Crippen LogP contribution in [0.25, 0.3) is 11.7 Å². The number of amides is 1. The van der Waals surface area contributed by atoms with Crippen molar-refractivity contribution in [2.45, 2.75) is 39.8 Å². The van der Waals surface area contributed by atoms with Gasteiger partial charge in [0.25, 0.3) is 5.91 Å². The van der Waals surface area contributed by atoms with Gasteiger partial charge < -0.3 is 31.4 Å². The van der Waals surface area contributed by atoms with Crippen molar-refractivity contribution in [2.24, 2.45) is 5.73 Å². The van der Waals surface area contributed by atoms with Gasteiger partial charge in [-0.05, 0) is 52.1 Å². The highest BCUT2D eigenvalue weighted by molar-refractivity contribution is 6.09. The van der Waals surface area contributed by atoms with Crippen LogP contribution in [0.5, 0.6) is 0 Å². The van der Waals surface area contributed by atoms with Crippen molar-refractivity contribution >= 4 is 34.8 Å². The van der Waals surface area contributed by atoms with Crippen LogP contribution in [-0.4, -0.2) is 45.4 Å².